The first-order valence-corrected chi connectivity index (χ1v) is 10.9. The molecule has 0 saturated carbocycles. The number of amides is 3. The van der Waals surface area contributed by atoms with Crippen LogP contribution in [0.25, 0.3) is 6.08 Å². The standard InChI is InChI=1S/C24H26N2O9/c1-5-32-20-12-15(7-9-18(20)34-14(3)22(28)33-6-2)11-17-21(27)26(24(30)25-17)13-16-8-10-19(35-16)23(29)31-4/h7-12,14H,5-6,13H2,1-4H3,(H,25,30). The molecule has 0 spiro atoms. The molecular weight excluding hydrogens is 460 g/mol. The molecule has 1 aromatic carbocycles. The highest BCUT2D eigenvalue weighted by Crippen LogP contribution is 2.31. The van der Waals surface area contributed by atoms with Crippen molar-refractivity contribution >= 4 is 30.0 Å². The molecule has 11 heteroatoms. The Morgan fingerprint density at radius 1 is 1.11 bits per heavy atom. The lowest BCUT2D eigenvalue weighted by molar-refractivity contribution is -0.150. The second-order valence-electron chi connectivity index (χ2n) is 7.29. The van der Waals surface area contributed by atoms with Gasteiger partial charge in [0.15, 0.2) is 17.6 Å². The molecule has 3 rings (SSSR count). The van der Waals surface area contributed by atoms with Crippen LogP contribution in [0.4, 0.5) is 4.79 Å². The highest BCUT2D eigenvalue weighted by Gasteiger charge is 2.34. The van der Waals surface area contributed by atoms with Gasteiger partial charge in [-0.15, -0.1) is 0 Å². The van der Waals surface area contributed by atoms with E-state index < -0.39 is 30.0 Å². The summed E-state index contributed by atoms with van der Waals surface area (Å²) in [6, 6.07) is 7.13. The second kappa shape index (κ2) is 11.2. The molecule has 0 radical (unpaired) electrons. The molecule has 2 aromatic rings. The number of hydrogen-bond donors (Lipinski definition) is 1. The summed E-state index contributed by atoms with van der Waals surface area (Å²) < 4.78 is 26.2. The number of ether oxygens (including phenoxy) is 4. The zero-order valence-electron chi connectivity index (χ0n) is 19.8. The molecule has 1 aromatic heterocycles. The summed E-state index contributed by atoms with van der Waals surface area (Å²) >= 11 is 0. The highest BCUT2D eigenvalue weighted by molar-refractivity contribution is 6.13. The first kappa shape index (κ1) is 25.3. The largest absolute Gasteiger partial charge is 0.490 e. The summed E-state index contributed by atoms with van der Waals surface area (Å²) in [5.74, 6) is -0.840. The van der Waals surface area contributed by atoms with E-state index in [2.05, 4.69) is 10.1 Å². The van der Waals surface area contributed by atoms with Crippen molar-refractivity contribution < 1.29 is 42.5 Å². The maximum absolute atomic E-state index is 12.8. The van der Waals surface area contributed by atoms with Crippen LogP contribution in [0.5, 0.6) is 11.5 Å². The predicted molar refractivity (Wildman–Crippen MR) is 121 cm³/mol. The van der Waals surface area contributed by atoms with Crippen LogP contribution in [0.15, 0.2) is 40.4 Å². The minimum atomic E-state index is -0.844. The van der Waals surface area contributed by atoms with Gasteiger partial charge in [0, 0.05) is 0 Å². The average Bonchev–Trinajstić information content (AvgIpc) is 3.41. The topological polar surface area (TPSA) is 134 Å². The van der Waals surface area contributed by atoms with Crippen LogP contribution in [0, 0.1) is 0 Å². The number of nitrogens with zero attached hydrogens (tertiary/aromatic N) is 1. The quantitative estimate of drug-likeness (QED) is 0.306. The van der Waals surface area contributed by atoms with Crippen molar-refractivity contribution in [1.82, 2.24) is 10.2 Å². The van der Waals surface area contributed by atoms with Crippen LogP contribution in [0.1, 0.15) is 42.6 Å². The normalized spacial score (nSPS) is 15.1. The van der Waals surface area contributed by atoms with Crippen LogP contribution in [-0.4, -0.2) is 55.2 Å². The van der Waals surface area contributed by atoms with Gasteiger partial charge in [0.2, 0.25) is 5.76 Å². The van der Waals surface area contributed by atoms with Gasteiger partial charge in [-0.05, 0) is 56.7 Å². The van der Waals surface area contributed by atoms with E-state index >= 15 is 0 Å². The van der Waals surface area contributed by atoms with E-state index in [0.717, 1.165) is 4.90 Å². The van der Waals surface area contributed by atoms with Gasteiger partial charge in [0.05, 0.1) is 26.9 Å². The van der Waals surface area contributed by atoms with Gasteiger partial charge in [-0.1, -0.05) is 6.07 Å². The van der Waals surface area contributed by atoms with Crippen molar-refractivity contribution in [2.75, 3.05) is 20.3 Å². The predicted octanol–water partition coefficient (Wildman–Crippen LogP) is 2.89. The molecule has 1 saturated heterocycles. The molecule has 2 heterocycles. The van der Waals surface area contributed by atoms with Crippen molar-refractivity contribution in [3.8, 4) is 11.5 Å². The van der Waals surface area contributed by atoms with Crippen molar-refractivity contribution in [1.29, 1.82) is 0 Å². The van der Waals surface area contributed by atoms with Gasteiger partial charge in [-0.2, -0.15) is 0 Å². The molecule has 11 nitrogen and oxygen atoms in total. The number of methoxy groups -OCH3 is 1. The fraction of sp³-hybridized carbons (Fsp3) is 0.333. The molecule has 1 aliphatic heterocycles. The Labute approximate surface area is 201 Å². The first-order valence-electron chi connectivity index (χ1n) is 10.9. The summed E-state index contributed by atoms with van der Waals surface area (Å²) in [5, 5.41) is 2.52. The molecule has 186 valence electrons. The van der Waals surface area contributed by atoms with Crippen LogP contribution in [0.2, 0.25) is 0 Å². The summed E-state index contributed by atoms with van der Waals surface area (Å²) in [7, 11) is 1.22. The Kier molecular flexibility index (Phi) is 8.13. The third-order valence-corrected chi connectivity index (χ3v) is 4.83. The van der Waals surface area contributed by atoms with Gasteiger partial charge in [-0.3, -0.25) is 9.69 Å². The van der Waals surface area contributed by atoms with Crippen molar-refractivity contribution in [3.05, 3.63) is 53.1 Å². The minimum Gasteiger partial charge on any atom is -0.490 e. The lowest BCUT2D eigenvalue weighted by atomic mass is 10.1. The third kappa shape index (κ3) is 5.99. The van der Waals surface area contributed by atoms with Crippen LogP contribution in [-0.2, 0) is 25.6 Å². The van der Waals surface area contributed by atoms with E-state index in [1.807, 2.05) is 0 Å². The van der Waals surface area contributed by atoms with Crippen LogP contribution in [0.3, 0.4) is 0 Å². The van der Waals surface area contributed by atoms with E-state index in [0.29, 0.717) is 23.7 Å². The van der Waals surface area contributed by atoms with E-state index in [1.165, 1.54) is 25.3 Å². The van der Waals surface area contributed by atoms with Crippen molar-refractivity contribution in [2.24, 2.45) is 0 Å². The number of esters is 2. The summed E-state index contributed by atoms with van der Waals surface area (Å²) in [6.45, 7) is 5.48. The Bertz CT molecular complexity index is 1150. The fourth-order valence-electron chi connectivity index (χ4n) is 3.19. The van der Waals surface area contributed by atoms with Crippen LogP contribution < -0.4 is 14.8 Å². The first-order chi connectivity index (χ1) is 16.8. The average molecular weight is 486 g/mol. The van der Waals surface area contributed by atoms with Gasteiger partial charge < -0.3 is 28.7 Å². The van der Waals surface area contributed by atoms with Gasteiger partial charge in [0.1, 0.15) is 11.5 Å². The SMILES string of the molecule is CCOC(=O)C(C)Oc1ccc(C=C2NC(=O)N(Cc3ccc(C(=O)OC)o3)C2=O)cc1OCC. The molecule has 0 bridgehead atoms. The fourth-order valence-corrected chi connectivity index (χ4v) is 3.19. The Morgan fingerprint density at radius 2 is 1.89 bits per heavy atom. The van der Waals surface area contributed by atoms with E-state index in [-0.39, 0.29) is 30.4 Å². The number of nitrogens with one attached hydrogen (secondary N) is 1. The minimum absolute atomic E-state index is 0.0339. The number of rotatable bonds is 10. The molecule has 1 unspecified atom stereocenters. The lowest BCUT2D eigenvalue weighted by Crippen LogP contribution is -2.30. The van der Waals surface area contributed by atoms with Crippen molar-refractivity contribution in [2.45, 2.75) is 33.4 Å². The zero-order valence-corrected chi connectivity index (χ0v) is 19.8. The van der Waals surface area contributed by atoms with Crippen LogP contribution >= 0.6 is 0 Å². The van der Waals surface area contributed by atoms with E-state index in [4.69, 9.17) is 18.6 Å². The monoisotopic (exact) mass is 486 g/mol. The second-order valence-corrected chi connectivity index (χ2v) is 7.29. The summed E-state index contributed by atoms with van der Waals surface area (Å²) in [4.78, 5) is 49.6. The molecule has 35 heavy (non-hydrogen) atoms. The number of imide groups is 1. The van der Waals surface area contributed by atoms with Gasteiger partial charge >= 0.3 is 18.0 Å². The lowest BCUT2D eigenvalue weighted by Gasteiger charge is -2.16. The maximum atomic E-state index is 12.8. The zero-order chi connectivity index (χ0) is 25.5. The van der Waals surface area contributed by atoms with Gasteiger partial charge in [0.25, 0.3) is 5.91 Å². The number of carbonyl (C=O) groups is 4. The molecule has 1 atom stereocenters. The smallest absolute Gasteiger partial charge is 0.373 e. The maximum Gasteiger partial charge on any atom is 0.373 e. The number of hydrogen-bond acceptors (Lipinski definition) is 9. The molecule has 1 aliphatic rings. The third-order valence-electron chi connectivity index (χ3n) is 4.83. The number of benzene rings is 1. The summed E-state index contributed by atoms with van der Waals surface area (Å²) in [5.41, 5.74) is 0.604. The van der Waals surface area contributed by atoms with E-state index in [1.54, 1.807) is 39.0 Å². The molecular formula is C24H26N2O9. The Morgan fingerprint density at radius 3 is 2.57 bits per heavy atom. The molecule has 1 fully saturated rings. The number of furan rings is 1. The molecule has 0 aliphatic carbocycles. The van der Waals surface area contributed by atoms with E-state index in [9.17, 15) is 19.2 Å². The van der Waals surface area contributed by atoms with Crippen molar-refractivity contribution in [3.63, 3.8) is 0 Å². The highest BCUT2D eigenvalue weighted by atomic mass is 16.6. The number of carbonyl (C=O) groups excluding carboxylic acids is 4. The molecule has 1 N–H and O–H groups in total. The Hall–Kier alpha value is -4.28. The van der Waals surface area contributed by atoms with Gasteiger partial charge in [-0.25, -0.2) is 14.4 Å². The number of urea groups is 1. The summed E-state index contributed by atoms with van der Waals surface area (Å²) in [6.07, 6.45) is 0.646. The molecule has 3 amide bonds. The Balaban J connectivity index is 1.77.